The first kappa shape index (κ1) is 20.2. The fourth-order valence-electron chi connectivity index (χ4n) is 6.76. The lowest BCUT2D eigenvalue weighted by molar-refractivity contribution is 0.225. The summed E-state index contributed by atoms with van der Waals surface area (Å²) in [7, 11) is 0. The van der Waals surface area contributed by atoms with Crippen LogP contribution >= 0.6 is 0 Å². The van der Waals surface area contributed by atoms with Gasteiger partial charge < -0.3 is 0 Å². The highest BCUT2D eigenvalue weighted by atomic mass is 14.5. The average molecular weight is 379 g/mol. The van der Waals surface area contributed by atoms with E-state index in [-0.39, 0.29) is 5.41 Å². The number of hydrogen-bond acceptors (Lipinski definition) is 0. The average Bonchev–Trinajstić information content (AvgIpc) is 3.13. The highest BCUT2D eigenvalue weighted by molar-refractivity contribution is 5.35. The van der Waals surface area contributed by atoms with Crippen LogP contribution in [0.5, 0.6) is 0 Å². The molecule has 0 aromatic rings. The van der Waals surface area contributed by atoms with Crippen LogP contribution in [0.15, 0.2) is 48.1 Å². The van der Waals surface area contributed by atoms with Crippen LogP contribution in [0.25, 0.3) is 0 Å². The summed E-state index contributed by atoms with van der Waals surface area (Å²) in [5.41, 5.74) is 2.26. The Morgan fingerprint density at radius 1 is 0.821 bits per heavy atom. The van der Waals surface area contributed by atoms with Crippen LogP contribution in [-0.4, -0.2) is 0 Å². The minimum atomic E-state index is 0.253. The fourth-order valence-corrected chi connectivity index (χ4v) is 6.76. The molecular weight excluding hydrogens is 336 g/mol. The summed E-state index contributed by atoms with van der Waals surface area (Å²) in [4.78, 5) is 0. The molecule has 0 aliphatic heterocycles. The molecule has 2 fully saturated rings. The molecule has 0 N–H and O–H groups in total. The molecule has 0 aromatic heterocycles. The van der Waals surface area contributed by atoms with Crippen molar-refractivity contribution >= 4 is 0 Å². The van der Waals surface area contributed by atoms with Gasteiger partial charge in [-0.25, -0.2) is 0 Å². The molecule has 8 unspecified atom stereocenters. The van der Waals surface area contributed by atoms with Gasteiger partial charge in [-0.3, -0.25) is 0 Å². The molecule has 0 aromatic carbocycles. The molecule has 0 amide bonds. The number of rotatable bonds is 2. The van der Waals surface area contributed by atoms with Gasteiger partial charge in [0.2, 0.25) is 0 Å². The summed E-state index contributed by atoms with van der Waals surface area (Å²) in [5, 5.41) is 0. The lowest BCUT2D eigenvalue weighted by atomic mass is 9.73. The third-order valence-electron chi connectivity index (χ3n) is 8.68. The highest BCUT2D eigenvalue weighted by Crippen LogP contribution is 2.57. The van der Waals surface area contributed by atoms with Gasteiger partial charge in [0.25, 0.3) is 0 Å². The van der Waals surface area contributed by atoms with E-state index < -0.39 is 0 Å². The molecule has 0 bridgehead atoms. The Balaban J connectivity index is 1.57. The van der Waals surface area contributed by atoms with Crippen LogP contribution in [-0.2, 0) is 0 Å². The molecule has 0 heteroatoms. The first-order chi connectivity index (χ1) is 13.1. The predicted molar refractivity (Wildman–Crippen MR) is 122 cm³/mol. The summed E-state index contributed by atoms with van der Waals surface area (Å²) < 4.78 is 0. The van der Waals surface area contributed by atoms with Gasteiger partial charge in [-0.1, -0.05) is 91.0 Å². The molecule has 154 valence electrons. The maximum Gasteiger partial charge on any atom is -0.00927 e. The Morgan fingerprint density at radius 2 is 1.46 bits per heavy atom. The van der Waals surface area contributed by atoms with E-state index in [9.17, 15) is 0 Å². The molecule has 0 saturated heterocycles. The second-order valence-corrected chi connectivity index (χ2v) is 12.5. The zero-order valence-corrected chi connectivity index (χ0v) is 19.3. The summed E-state index contributed by atoms with van der Waals surface area (Å²) in [6, 6.07) is 0. The number of fused-ring (bicyclic) bond motifs is 3. The standard InChI is InChI=1S/C28H42/c1-18-14-21(28(5,6)7)15-19(18)16-25-22-10-8-9-11-23(22)26-17-20(27(2,3)4)12-13-24(25)26/h8-13,17-19,21-26H,14-16H2,1-7H3. The van der Waals surface area contributed by atoms with Crippen LogP contribution in [0.3, 0.4) is 0 Å². The fraction of sp³-hybridized carbons (Fsp3) is 0.714. The topological polar surface area (TPSA) is 0 Å². The zero-order chi connectivity index (χ0) is 20.3. The second-order valence-electron chi connectivity index (χ2n) is 12.5. The molecule has 2 saturated carbocycles. The van der Waals surface area contributed by atoms with E-state index in [1.54, 1.807) is 0 Å². The second kappa shape index (κ2) is 7.03. The van der Waals surface area contributed by atoms with E-state index in [1.165, 1.54) is 24.8 Å². The van der Waals surface area contributed by atoms with Crippen LogP contribution in [0, 0.1) is 58.2 Å². The maximum atomic E-state index is 2.65. The smallest absolute Gasteiger partial charge is 0.00927 e. The van der Waals surface area contributed by atoms with E-state index in [0.717, 1.165) is 35.5 Å². The van der Waals surface area contributed by atoms with Crippen molar-refractivity contribution in [3.8, 4) is 0 Å². The SMILES string of the molecule is CC1CC(C(C)(C)C)CC1CC1C2C=CC=CC2C2C=C(C(C)(C)C)C=CC21. The Bertz CT molecular complexity index is 701. The van der Waals surface area contributed by atoms with Gasteiger partial charge in [-0.15, -0.1) is 0 Å². The minimum absolute atomic E-state index is 0.253. The highest BCUT2D eigenvalue weighted by Gasteiger charge is 2.50. The van der Waals surface area contributed by atoms with E-state index in [2.05, 4.69) is 91.0 Å². The molecule has 0 radical (unpaired) electrons. The Morgan fingerprint density at radius 3 is 2.07 bits per heavy atom. The van der Waals surface area contributed by atoms with E-state index >= 15 is 0 Å². The van der Waals surface area contributed by atoms with Crippen LogP contribution in [0.4, 0.5) is 0 Å². The normalized spacial score (nSPS) is 42.5. The number of allylic oxidation sites excluding steroid dienone is 8. The Kier molecular flexibility index (Phi) is 5.08. The molecule has 0 nitrogen and oxygen atoms in total. The molecule has 4 rings (SSSR count). The molecular formula is C28H42. The van der Waals surface area contributed by atoms with Crippen molar-refractivity contribution in [1.82, 2.24) is 0 Å². The molecule has 4 aliphatic rings. The van der Waals surface area contributed by atoms with Crippen LogP contribution < -0.4 is 0 Å². The van der Waals surface area contributed by atoms with E-state index in [1.807, 2.05) is 0 Å². The van der Waals surface area contributed by atoms with Crippen LogP contribution in [0.1, 0.15) is 67.7 Å². The van der Waals surface area contributed by atoms with Crippen molar-refractivity contribution < 1.29 is 0 Å². The van der Waals surface area contributed by atoms with Crippen molar-refractivity contribution in [2.45, 2.75) is 67.7 Å². The van der Waals surface area contributed by atoms with Gasteiger partial charge in [-0.05, 0) is 83.0 Å². The van der Waals surface area contributed by atoms with Crippen molar-refractivity contribution in [3.05, 3.63) is 48.1 Å². The monoisotopic (exact) mass is 378 g/mol. The first-order valence-electron chi connectivity index (χ1n) is 11.8. The minimum Gasteiger partial charge on any atom is -0.0805 e. The summed E-state index contributed by atoms with van der Waals surface area (Å²) in [6.07, 6.45) is 21.7. The molecule has 4 aliphatic carbocycles. The molecule has 8 atom stereocenters. The lowest BCUT2D eigenvalue weighted by Crippen LogP contribution is -2.23. The summed E-state index contributed by atoms with van der Waals surface area (Å²) >= 11 is 0. The lowest BCUT2D eigenvalue weighted by Gasteiger charge is -2.31. The van der Waals surface area contributed by atoms with Gasteiger partial charge in [0, 0.05) is 0 Å². The Labute approximate surface area is 174 Å². The molecule has 0 spiro atoms. The quantitative estimate of drug-likeness (QED) is 0.459. The van der Waals surface area contributed by atoms with Gasteiger partial charge in [0.15, 0.2) is 0 Å². The van der Waals surface area contributed by atoms with Gasteiger partial charge in [-0.2, -0.15) is 0 Å². The molecule has 28 heavy (non-hydrogen) atoms. The zero-order valence-electron chi connectivity index (χ0n) is 19.3. The Hall–Kier alpha value is -1.04. The van der Waals surface area contributed by atoms with Crippen molar-refractivity contribution in [2.75, 3.05) is 0 Å². The van der Waals surface area contributed by atoms with Gasteiger partial charge >= 0.3 is 0 Å². The van der Waals surface area contributed by atoms with Crippen molar-refractivity contribution in [3.63, 3.8) is 0 Å². The van der Waals surface area contributed by atoms with Gasteiger partial charge in [0.05, 0.1) is 0 Å². The largest absolute Gasteiger partial charge is 0.0805 e. The maximum absolute atomic E-state index is 2.65. The molecule has 0 heterocycles. The van der Waals surface area contributed by atoms with Crippen molar-refractivity contribution in [1.29, 1.82) is 0 Å². The van der Waals surface area contributed by atoms with Crippen molar-refractivity contribution in [2.24, 2.45) is 58.2 Å². The first-order valence-corrected chi connectivity index (χ1v) is 11.8. The van der Waals surface area contributed by atoms with Crippen LogP contribution in [0.2, 0.25) is 0 Å². The number of hydrogen-bond donors (Lipinski definition) is 0. The predicted octanol–water partition coefficient (Wildman–Crippen LogP) is 7.85. The van der Waals surface area contributed by atoms with Gasteiger partial charge in [0.1, 0.15) is 0 Å². The summed E-state index contributed by atoms with van der Waals surface area (Å²) in [6.45, 7) is 17.0. The third kappa shape index (κ3) is 3.61. The third-order valence-corrected chi connectivity index (χ3v) is 8.68. The van der Waals surface area contributed by atoms with E-state index in [0.29, 0.717) is 17.3 Å². The van der Waals surface area contributed by atoms with E-state index in [4.69, 9.17) is 0 Å². The summed E-state index contributed by atoms with van der Waals surface area (Å²) in [5.74, 6) is 6.39.